The van der Waals surface area contributed by atoms with Crippen molar-refractivity contribution < 1.29 is 4.79 Å². The SMILES string of the molecule is CC/N=C(/c1ccc(Cl)cc1)N1CCCc2cc(C3=NN(CC)C(=O)SC3(C)C)ccc21. The molecule has 0 bridgehead atoms. The molecule has 2 heterocycles. The minimum Gasteiger partial charge on any atom is -0.326 e. The number of amidine groups is 1. The molecule has 0 saturated heterocycles. The van der Waals surface area contributed by atoms with Gasteiger partial charge in [-0.25, -0.2) is 5.01 Å². The van der Waals surface area contributed by atoms with Crippen molar-refractivity contribution in [3.63, 3.8) is 0 Å². The van der Waals surface area contributed by atoms with Crippen LogP contribution in [0, 0.1) is 0 Å². The van der Waals surface area contributed by atoms with E-state index < -0.39 is 0 Å². The van der Waals surface area contributed by atoms with Gasteiger partial charge in [0.1, 0.15) is 5.84 Å². The fraction of sp³-hybridized carbons (Fsp3) is 0.400. The molecule has 2 aromatic rings. The first-order chi connectivity index (χ1) is 15.3. The van der Waals surface area contributed by atoms with Crippen LogP contribution in [0.5, 0.6) is 0 Å². The Morgan fingerprint density at radius 1 is 1.19 bits per heavy atom. The van der Waals surface area contributed by atoms with Crippen LogP contribution in [0.2, 0.25) is 5.02 Å². The number of aryl methyl sites for hydroxylation is 1. The molecule has 0 saturated carbocycles. The molecule has 32 heavy (non-hydrogen) atoms. The molecule has 0 atom stereocenters. The zero-order valence-corrected chi connectivity index (χ0v) is 20.6. The quantitative estimate of drug-likeness (QED) is 0.394. The van der Waals surface area contributed by atoms with E-state index in [1.54, 1.807) is 5.01 Å². The summed E-state index contributed by atoms with van der Waals surface area (Å²) in [4.78, 5) is 19.5. The number of halogens is 1. The molecule has 0 aliphatic carbocycles. The molecule has 0 spiro atoms. The monoisotopic (exact) mass is 468 g/mol. The lowest BCUT2D eigenvalue weighted by molar-refractivity contribution is 0.226. The zero-order chi connectivity index (χ0) is 22.9. The van der Waals surface area contributed by atoms with E-state index in [4.69, 9.17) is 21.7 Å². The van der Waals surface area contributed by atoms with Crippen molar-refractivity contribution in [1.29, 1.82) is 0 Å². The van der Waals surface area contributed by atoms with Gasteiger partial charge in [-0.3, -0.25) is 9.79 Å². The van der Waals surface area contributed by atoms with E-state index in [2.05, 4.69) is 43.9 Å². The summed E-state index contributed by atoms with van der Waals surface area (Å²) in [5.41, 5.74) is 5.57. The Morgan fingerprint density at radius 2 is 1.94 bits per heavy atom. The van der Waals surface area contributed by atoms with Crippen LogP contribution in [-0.4, -0.2) is 46.2 Å². The molecule has 1 amide bonds. The Labute approximate surface area is 199 Å². The second-order valence-corrected chi connectivity index (χ2v) is 10.5. The molecule has 0 radical (unpaired) electrons. The summed E-state index contributed by atoms with van der Waals surface area (Å²) in [5.74, 6) is 0.978. The molecule has 4 rings (SSSR count). The molecular formula is C25H29ClN4OS. The Morgan fingerprint density at radius 3 is 2.62 bits per heavy atom. The summed E-state index contributed by atoms with van der Waals surface area (Å²) >= 11 is 7.46. The highest BCUT2D eigenvalue weighted by Crippen LogP contribution is 2.37. The van der Waals surface area contributed by atoms with Gasteiger partial charge in [0.2, 0.25) is 0 Å². The highest BCUT2D eigenvalue weighted by atomic mass is 35.5. The van der Waals surface area contributed by atoms with Crippen LogP contribution in [0.25, 0.3) is 0 Å². The highest BCUT2D eigenvalue weighted by Gasteiger charge is 2.37. The molecule has 5 nitrogen and oxygen atoms in total. The number of amides is 1. The average molecular weight is 469 g/mol. The second kappa shape index (κ2) is 9.28. The number of carbonyl (C=O) groups excluding carboxylic acids is 1. The smallest absolute Gasteiger partial charge is 0.302 e. The zero-order valence-electron chi connectivity index (χ0n) is 19.1. The van der Waals surface area contributed by atoms with Crippen LogP contribution in [-0.2, 0) is 6.42 Å². The van der Waals surface area contributed by atoms with Gasteiger partial charge in [0.05, 0.1) is 10.5 Å². The predicted octanol–water partition coefficient (Wildman–Crippen LogP) is 6.23. The highest BCUT2D eigenvalue weighted by molar-refractivity contribution is 8.15. The number of thioether (sulfide) groups is 1. The van der Waals surface area contributed by atoms with E-state index in [-0.39, 0.29) is 9.99 Å². The maximum absolute atomic E-state index is 12.3. The third kappa shape index (κ3) is 4.44. The van der Waals surface area contributed by atoms with E-state index in [9.17, 15) is 4.79 Å². The third-order valence-corrected chi connectivity index (χ3v) is 7.12. The fourth-order valence-corrected chi connectivity index (χ4v) is 5.35. The largest absolute Gasteiger partial charge is 0.326 e. The van der Waals surface area contributed by atoms with Crippen molar-refractivity contribution in [2.45, 2.75) is 45.3 Å². The van der Waals surface area contributed by atoms with Crippen LogP contribution in [0.15, 0.2) is 52.6 Å². The minimum absolute atomic E-state index is 0.00812. The van der Waals surface area contributed by atoms with Crippen LogP contribution >= 0.6 is 23.4 Å². The van der Waals surface area contributed by atoms with Gasteiger partial charge in [-0.15, -0.1) is 0 Å². The van der Waals surface area contributed by atoms with Crippen molar-refractivity contribution >= 4 is 45.8 Å². The molecule has 168 valence electrons. The van der Waals surface area contributed by atoms with Crippen LogP contribution in [0.4, 0.5) is 10.5 Å². The van der Waals surface area contributed by atoms with Gasteiger partial charge in [-0.1, -0.05) is 29.4 Å². The molecule has 0 unspecified atom stereocenters. The van der Waals surface area contributed by atoms with Gasteiger partial charge < -0.3 is 4.90 Å². The van der Waals surface area contributed by atoms with Gasteiger partial charge in [-0.05, 0) is 88.1 Å². The maximum atomic E-state index is 12.3. The van der Waals surface area contributed by atoms with Crippen LogP contribution < -0.4 is 4.90 Å². The predicted molar refractivity (Wildman–Crippen MR) is 137 cm³/mol. The number of benzene rings is 2. The van der Waals surface area contributed by atoms with Crippen LogP contribution in [0.3, 0.4) is 0 Å². The van der Waals surface area contributed by atoms with Crippen molar-refractivity contribution in [3.05, 3.63) is 64.2 Å². The van der Waals surface area contributed by atoms with Gasteiger partial charge in [0.15, 0.2) is 0 Å². The lowest BCUT2D eigenvalue weighted by Gasteiger charge is -2.35. The van der Waals surface area contributed by atoms with Gasteiger partial charge in [0.25, 0.3) is 0 Å². The Hall–Kier alpha value is -2.31. The number of anilines is 1. The first-order valence-corrected chi connectivity index (χ1v) is 12.3. The molecular weight excluding hydrogens is 440 g/mol. The minimum atomic E-state index is -0.372. The van der Waals surface area contributed by atoms with Crippen molar-refractivity contribution in [1.82, 2.24) is 5.01 Å². The average Bonchev–Trinajstić information content (AvgIpc) is 2.77. The molecule has 0 aromatic heterocycles. The van der Waals surface area contributed by atoms with E-state index in [0.717, 1.165) is 47.1 Å². The van der Waals surface area contributed by atoms with Gasteiger partial charge in [-0.2, -0.15) is 5.10 Å². The molecule has 0 N–H and O–H groups in total. The Bertz CT molecular complexity index is 1080. The lowest BCUT2D eigenvalue weighted by Crippen LogP contribution is -2.41. The summed E-state index contributed by atoms with van der Waals surface area (Å²) in [6.45, 7) is 10.4. The number of fused-ring (bicyclic) bond motifs is 1. The topological polar surface area (TPSA) is 48.3 Å². The molecule has 2 aromatic carbocycles. The van der Waals surface area contributed by atoms with Crippen molar-refractivity contribution in [3.8, 4) is 0 Å². The maximum Gasteiger partial charge on any atom is 0.302 e. The molecule has 7 heteroatoms. The molecule has 2 aliphatic rings. The normalized spacial score (nSPS) is 18.5. The third-order valence-electron chi connectivity index (χ3n) is 5.78. The summed E-state index contributed by atoms with van der Waals surface area (Å²) in [5, 5.41) is 7.01. The number of aliphatic imine (C=N–C) groups is 1. The number of rotatable bonds is 4. The second-order valence-electron chi connectivity index (χ2n) is 8.45. The molecule has 2 aliphatic heterocycles. The van der Waals surface area contributed by atoms with E-state index in [0.29, 0.717) is 13.1 Å². The van der Waals surface area contributed by atoms with Gasteiger partial charge >= 0.3 is 5.24 Å². The first-order valence-electron chi connectivity index (χ1n) is 11.1. The Balaban J connectivity index is 1.73. The van der Waals surface area contributed by atoms with Crippen molar-refractivity contribution in [2.75, 3.05) is 24.5 Å². The van der Waals surface area contributed by atoms with Crippen molar-refractivity contribution in [2.24, 2.45) is 10.1 Å². The van der Waals surface area contributed by atoms with E-state index in [1.165, 1.54) is 23.0 Å². The first kappa shape index (κ1) is 22.9. The van der Waals surface area contributed by atoms with E-state index in [1.807, 2.05) is 31.2 Å². The molecule has 0 fully saturated rings. The number of hydrogen-bond acceptors (Lipinski definition) is 4. The fourth-order valence-electron chi connectivity index (χ4n) is 4.25. The summed E-state index contributed by atoms with van der Waals surface area (Å²) in [7, 11) is 0. The van der Waals surface area contributed by atoms with Gasteiger partial charge in [0, 0.05) is 35.9 Å². The van der Waals surface area contributed by atoms with E-state index >= 15 is 0 Å². The Kier molecular flexibility index (Phi) is 6.63. The standard InChI is InChI=1S/C25H29ClN4OS/c1-5-27-23(17-9-12-20(26)13-10-17)29-15-7-8-18-16-19(11-14-21(18)29)22-25(3,4)32-24(31)30(6-2)28-22/h9-14,16H,5-8,15H2,1-4H3/b27-23-. The number of nitrogens with zero attached hydrogens (tertiary/aromatic N) is 4. The lowest BCUT2D eigenvalue weighted by atomic mass is 9.93. The number of hydrazone groups is 1. The number of carbonyl (C=O) groups is 1. The van der Waals surface area contributed by atoms with Crippen LogP contribution in [0.1, 0.15) is 50.8 Å². The summed E-state index contributed by atoms with van der Waals surface area (Å²) in [6.07, 6.45) is 2.06. The summed E-state index contributed by atoms with van der Waals surface area (Å²) in [6, 6.07) is 14.5. The summed E-state index contributed by atoms with van der Waals surface area (Å²) < 4.78 is -0.372. The number of hydrogen-bond donors (Lipinski definition) is 0.